The van der Waals surface area contributed by atoms with Crippen molar-refractivity contribution in [1.29, 1.82) is 0 Å². The summed E-state index contributed by atoms with van der Waals surface area (Å²) in [5.74, 6) is 0. The summed E-state index contributed by atoms with van der Waals surface area (Å²) < 4.78 is 5.09. The van der Waals surface area contributed by atoms with Crippen molar-refractivity contribution in [2.75, 3.05) is 6.61 Å². The Morgan fingerprint density at radius 3 is 2.36 bits per heavy atom. The smallest absolute Gasteiger partial charge is 0.143 e. The Balaban J connectivity index is 2.71. The maximum absolute atomic E-state index is 9.55. The molecule has 1 aliphatic rings. The number of aliphatic hydroxyl groups excluding tert-OH is 2. The van der Waals surface area contributed by atoms with Crippen LogP contribution >= 0.6 is 0 Å². The summed E-state index contributed by atoms with van der Waals surface area (Å²) >= 11 is 0. The number of ether oxygens (including phenoxy) is 1. The molecule has 3 N–H and O–H groups in total. The first-order valence-electron chi connectivity index (χ1n) is 3.67. The van der Waals surface area contributed by atoms with E-state index in [1.54, 1.807) is 7.85 Å². The summed E-state index contributed by atoms with van der Waals surface area (Å²) in [6.07, 6.45) is -1.65. The van der Waals surface area contributed by atoms with Gasteiger partial charge in [0, 0.05) is 0 Å². The van der Waals surface area contributed by atoms with Crippen molar-refractivity contribution in [2.24, 2.45) is 0 Å². The zero-order valence-electron chi connectivity index (χ0n) is 6.69. The molecule has 0 radical (unpaired) electrons. The Labute approximate surface area is 66.2 Å². The van der Waals surface area contributed by atoms with Gasteiger partial charge in [-0.2, -0.15) is 0 Å². The molecule has 4 atom stereocenters. The molecule has 64 valence electrons. The largest absolute Gasteiger partial charge is 0.394 e. The van der Waals surface area contributed by atoms with Crippen molar-refractivity contribution in [3.8, 4) is 0 Å². The van der Waals surface area contributed by atoms with Crippen LogP contribution in [0.4, 0.5) is 0 Å². The van der Waals surface area contributed by atoms with Crippen LogP contribution in [0.1, 0.15) is 6.92 Å². The van der Waals surface area contributed by atoms with Gasteiger partial charge in [0.05, 0.1) is 12.6 Å². The highest BCUT2D eigenvalue weighted by molar-refractivity contribution is 6.12. The van der Waals surface area contributed by atoms with Crippen molar-refractivity contribution in [3.05, 3.63) is 0 Å². The molecule has 0 saturated carbocycles. The number of hydrogen-bond acceptors (Lipinski definition) is 4. The molecule has 5 heteroatoms. The maximum Gasteiger partial charge on any atom is 0.143 e. The zero-order valence-corrected chi connectivity index (χ0v) is 6.69. The fourth-order valence-corrected chi connectivity index (χ4v) is 1.23. The van der Waals surface area contributed by atoms with E-state index in [4.69, 9.17) is 9.84 Å². The topological polar surface area (TPSA) is 69.9 Å². The second kappa shape index (κ2) is 2.75. The molecule has 1 fully saturated rings. The molecule has 0 spiro atoms. The van der Waals surface area contributed by atoms with E-state index in [0.29, 0.717) is 0 Å². The van der Waals surface area contributed by atoms with Gasteiger partial charge >= 0.3 is 0 Å². The molecule has 1 heterocycles. The molecule has 1 rings (SSSR count). The van der Waals surface area contributed by atoms with Crippen LogP contribution in [0, 0.1) is 0 Å². The summed E-state index contributed by atoms with van der Waals surface area (Å²) in [6.45, 7) is 1.24. The monoisotopic (exact) mass is 160 g/mol. The normalized spacial score (nSPS) is 51.5. The second-order valence-corrected chi connectivity index (χ2v) is 3.17. The van der Waals surface area contributed by atoms with Crippen molar-refractivity contribution < 1.29 is 20.1 Å². The van der Waals surface area contributed by atoms with Gasteiger partial charge in [-0.1, -0.05) is 0 Å². The molecule has 0 amide bonds. The Kier molecular flexibility index (Phi) is 2.25. The predicted molar refractivity (Wildman–Crippen MR) is 40.9 cm³/mol. The van der Waals surface area contributed by atoms with E-state index in [1.807, 2.05) is 0 Å². The number of hydrogen-bond donors (Lipinski definition) is 3. The van der Waals surface area contributed by atoms with E-state index in [2.05, 4.69) is 0 Å². The van der Waals surface area contributed by atoms with Gasteiger partial charge in [-0.05, 0) is 6.92 Å². The highest BCUT2D eigenvalue weighted by Crippen LogP contribution is 2.28. The molecule has 0 aromatic carbocycles. The summed E-state index contributed by atoms with van der Waals surface area (Å²) in [5, 5.41) is 27.6. The molecule has 0 aromatic rings. The quantitative estimate of drug-likeness (QED) is 0.369. The number of rotatable bonds is 1. The average Bonchev–Trinajstić information content (AvgIpc) is 2.14. The predicted octanol–water partition coefficient (Wildman–Crippen LogP) is -2.55. The lowest BCUT2D eigenvalue weighted by Crippen LogP contribution is -2.45. The van der Waals surface area contributed by atoms with E-state index in [0.717, 1.165) is 0 Å². The fraction of sp³-hybridized carbons (Fsp3) is 1.00. The van der Waals surface area contributed by atoms with Crippen LogP contribution in [-0.2, 0) is 4.74 Å². The van der Waals surface area contributed by atoms with Gasteiger partial charge in [0.25, 0.3) is 0 Å². The van der Waals surface area contributed by atoms with Crippen molar-refractivity contribution in [2.45, 2.75) is 30.7 Å². The highest BCUT2D eigenvalue weighted by Gasteiger charge is 2.48. The van der Waals surface area contributed by atoms with E-state index in [-0.39, 0.29) is 6.61 Å². The Morgan fingerprint density at radius 2 is 2.18 bits per heavy atom. The molecular formula is C6H13BO4. The molecule has 2 unspecified atom stereocenters. The van der Waals surface area contributed by atoms with Crippen LogP contribution in [0.15, 0.2) is 0 Å². The van der Waals surface area contributed by atoms with E-state index < -0.39 is 23.8 Å². The summed E-state index contributed by atoms with van der Waals surface area (Å²) in [5.41, 5.74) is -1.24. The van der Waals surface area contributed by atoms with Crippen molar-refractivity contribution in [3.63, 3.8) is 0 Å². The molecule has 0 aliphatic carbocycles. The van der Waals surface area contributed by atoms with Gasteiger partial charge in [0.15, 0.2) is 0 Å². The molecule has 1 saturated heterocycles. The lowest BCUT2D eigenvalue weighted by molar-refractivity contribution is -0.0467. The Bertz CT molecular complexity index is 150. The minimum absolute atomic E-state index is 0.262. The van der Waals surface area contributed by atoms with Gasteiger partial charge < -0.3 is 20.1 Å². The van der Waals surface area contributed by atoms with Crippen LogP contribution in [0.5, 0.6) is 0 Å². The number of aliphatic hydroxyl groups is 3. The molecule has 11 heavy (non-hydrogen) atoms. The third kappa shape index (κ3) is 1.29. The first kappa shape index (κ1) is 9.00. The zero-order chi connectivity index (χ0) is 8.65. The lowest BCUT2D eigenvalue weighted by Gasteiger charge is -2.23. The summed E-state index contributed by atoms with van der Waals surface area (Å²) in [6, 6.07) is -0.436. The van der Waals surface area contributed by atoms with Crippen LogP contribution in [0.3, 0.4) is 0 Å². The maximum atomic E-state index is 9.55. The van der Waals surface area contributed by atoms with Crippen molar-refractivity contribution in [1.82, 2.24) is 0 Å². The third-order valence-corrected chi connectivity index (χ3v) is 2.33. The fourth-order valence-electron chi connectivity index (χ4n) is 1.23. The second-order valence-electron chi connectivity index (χ2n) is 3.17. The third-order valence-electron chi connectivity index (χ3n) is 2.33. The van der Waals surface area contributed by atoms with Gasteiger partial charge in [0.2, 0.25) is 0 Å². The molecule has 1 aliphatic heterocycles. The molecular weight excluding hydrogens is 147 g/mol. The SMILES string of the molecule is BC1OC(CO)[C@@H](O)[C@@]1(C)O. The lowest BCUT2D eigenvalue weighted by atomic mass is 9.82. The Morgan fingerprint density at radius 1 is 1.64 bits per heavy atom. The first-order valence-corrected chi connectivity index (χ1v) is 3.67. The first-order chi connectivity index (χ1) is 5.00. The van der Waals surface area contributed by atoms with Crippen molar-refractivity contribution >= 4 is 7.85 Å². The van der Waals surface area contributed by atoms with Gasteiger partial charge in [-0.25, -0.2) is 0 Å². The minimum atomic E-state index is -1.24. The van der Waals surface area contributed by atoms with E-state index in [9.17, 15) is 10.2 Å². The van der Waals surface area contributed by atoms with E-state index in [1.165, 1.54) is 6.92 Å². The molecule has 0 bridgehead atoms. The van der Waals surface area contributed by atoms with Crippen LogP contribution in [-0.4, -0.2) is 53.6 Å². The molecule has 4 nitrogen and oxygen atoms in total. The van der Waals surface area contributed by atoms with Crippen LogP contribution < -0.4 is 0 Å². The van der Waals surface area contributed by atoms with Crippen LogP contribution in [0.2, 0.25) is 0 Å². The van der Waals surface area contributed by atoms with Gasteiger partial charge in [-0.15, -0.1) is 0 Å². The van der Waals surface area contributed by atoms with E-state index >= 15 is 0 Å². The van der Waals surface area contributed by atoms with Gasteiger partial charge in [-0.3, -0.25) is 0 Å². The van der Waals surface area contributed by atoms with Gasteiger partial charge in [0.1, 0.15) is 25.7 Å². The minimum Gasteiger partial charge on any atom is -0.394 e. The standard InChI is InChI=1S/C6H13BO4/c1-6(10)4(9)3(2-8)11-5(6)7/h3-5,8-10H,2,7H2,1H3/t3?,4-,5?,6-/m1/s1. The summed E-state index contributed by atoms with van der Waals surface area (Å²) in [4.78, 5) is 0. The van der Waals surface area contributed by atoms with Crippen LogP contribution in [0.25, 0.3) is 0 Å². The summed E-state index contributed by atoms with van der Waals surface area (Å²) in [7, 11) is 1.67. The average molecular weight is 160 g/mol. The molecule has 0 aromatic heterocycles. The highest BCUT2D eigenvalue weighted by atomic mass is 16.6. The Hall–Kier alpha value is -0.0951.